The molecule has 3 heteroatoms. The summed E-state index contributed by atoms with van der Waals surface area (Å²) in [5.74, 6) is 4.05. The van der Waals surface area contributed by atoms with Crippen molar-refractivity contribution in [2.75, 3.05) is 30.1 Å². The predicted molar refractivity (Wildman–Crippen MR) is 70.6 cm³/mol. The van der Waals surface area contributed by atoms with E-state index >= 15 is 0 Å². The lowest BCUT2D eigenvalue weighted by Gasteiger charge is -2.10. The summed E-state index contributed by atoms with van der Waals surface area (Å²) in [6.07, 6.45) is 9.18. The van der Waals surface area contributed by atoms with Crippen LogP contribution in [-0.4, -0.2) is 36.1 Å². The molecule has 1 aliphatic heterocycles. The minimum absolute atomic E-state index is 0.825. The molecule has 1 rings (SSSR count). The van der Waals surface area contributed by atoms with Crippen LogP contribution < -0.4 is 5.32 Å². The van der Waals surface area contributed by atoms with Gasteiger partial charge in [0.2, 0.25) is 0 Å². The molecule has 1 fully saturated rings. The third-order valence-corrected chi connectivity index (χ3v) is 4.50. The fourth-order valence-electron chi connectivity index (χ4n) is 1.73. The number of rotatable bonds is 8. The van der Waals surface area contributed by atoms with Crippen LogP contribution in [0.5, 0.6) is 0 Å². The van der Waals surface area contributed by atoms with Gasteiger partial charge in [-0.2, -0.15) is 23.5 Å². The molecule has 14 heavy (non-hydrogen) atoms. The molecule has 0 spiro atoms. The van der Waals surface area contributed by atoms with E-state index < -0.39 is 0 Å². The Balaban J connectivity index is 1.75. The molecule has 1 saturated heterocycles. The van der Waals surface area contributed by atoms with Gasteiger partial charge in [-0.15, -0.1) is 0 Å². The van der Waals surface area contributed by atoms with E-state index in [1.165, 1.54) is 55.9 Å². The third-order valence-electron chi connectivity index (χ3n) is 2.64. The monoisotopic (exact) mass is 233 g/mol. The van der Waals surface area contributed by atoms with Gasteiger partial charge in [0.15, 0.2) is 0 Å². The Morgan fingerprint density at radius 3 is 2.86 bits per heavy atom. The highest BCUT2D eigenvalue weighted by molar-refractivity contribution is 7.99. The highest BCUT2D eigenvalue weighted by Crippen LogP contribution is 2.16. The molecule has 0 radical (unpaired) electrons. The Bertz CT molecular complexity index is 124. The zero-order chi connectivity index (χ0) is 10.1. The van der Waals surface area contributed by atoms with Crippen LogP contribution in [0.25, 0.3) is 0 Å². The van der Waals surface area contributed by atoms with Crippen molar-refractivity contribution < 1.29 is 0 Å². The molecule has 0 aromatic rings. The van der Waals surface area contributed by atoms with E-state index in [0.717, 1.165) is 6.04 Å². The van der Waals surface area contributed by atoms with Gasteiger partial charge in [-0.3, -0.25) is 0 Å². The highest BCUT2D eigenvalue weighted by atomic mass is 32.2. The second-order valence-electron chi connectivity index (χ2n) is 3.92. The van der Waals surface area contributed by atoms with Gasteiger partial charge in [0.05, 0.1) is 0 Å². The lowest BCUT2D eigenvalue weighted by Crippen LogP contribution is -2.29. The van der Waals surface area contributed by atoms with Gasteiger partial charge in [-0.25, -0.2) is 0 Å². The van der Waals surface area contributed by atoms with Gasteiger partial charge >= 0.3 is 0 Å². The minimum Gasteiger partial charge on any atom is -0.313 e. The van der Waals surface area contributed by atoms with E-state index in [9.17, 15) is 0 Å². The normalized spacial score (nSPS) is 21.6. The van der Waals surface area contributed by atoms with Crippen LogP contribution in [0.3, 0.4) is 0 Å². The van der Waals surface area contributed by atoms with Crippen molar-refractivity contribution in [3.63, 3.8) is 0 Å². The second kappa shape index (κ2) is 8.93. The van der Waals surface area contributed by atoms with Crippen LogP contribution >= 0.6 is 23.5 Å². The average molecular weight is 233 g/mol. The van der Waals surface area contributed by atoms with Crippen molar-refractivity contribution in [1.82, 2.24) is 5.32 Å². The minimum atomic E-state index is 0.825. The van der Waals surface area contributed by atoms with Crippen molar-refractivity contribution in [2.24, 2.45) is 0 Å². The highest BCUT2D eigenvalue weighted by Gasteiger charge is 2.13. The van der Waals surface area contributed by atoms with Gasteiger partial charge in [0, 0.05) is 11.8 Å². The maximum absolute atomic E-state index is 3.65. The predicted octanol–water partition coefficient (Wildman–Crippen LogP) is 3.00. The van der Waals surface area contributed by atoms with Crippen LogP contribution in [0.15, 0.2) is 0 Å². The largest absolute Gasteiger partial charge is 0.313 e. The summed E-state index contributed by atoms with van der Waals surface area (Å²) in [6.45, 7) is 1.24. The SMILES string of the molecule is CSCCCCCCNC1CCSC1. The first-order valence-electron chi connectivity index (χ1n) is 5.73. The zero-order valence-electron chi connectivity index (χ0n) is 9.26. The molecule has 1 N–H and O–H groups in total. The third kappa shape index (κ3) is 6.20. The Hall–Kier alpha value is 0.660. The molecule has 1 aliphatic rings. The summed E-state index contributed by atoms with van der Waals surface area (Å²) in [5, 5.41) is 3.65. The molecule has 0 amide bonds. The Morgan fingerprint density at radius 1 is 1.29 bits per heavy atom. The second-order valence-corrected chi connectivity index (χ2v) is 6.06. The molecule has 0 aromatic heterocycles. The fraction of sp³-hybridized carbons (Fsp3) is 1.00. The number of hydrogen-bond acceptors (Lipinski definition) is 3. The van der Waals surface area contributed by atoms with Crippen molar-refractivity contribution in [1.29, 1.82) is 0 Å². The molecule has 0 aromatic carbocycles. The summed E-state index contributed by atoms with van der Waals surface area (Å²) >= 11 is 4.06. The number of thioether (sulfide) groups is 2. The van der Waals surface area contributed by atoms with Crippen molar-refractivity contribution in [3.8, 4) is 0 Å². The number of unbranched alkanes of at least 4 members (excludes halogenated alkanes) is 3. The van der Waals surface area contributed by atoms with Crippen LogP contribution in [-0.2, 0) is 0 Å². The first-order valence-corrected chi connectivity index (χ1v) is 8.28. The molecule has 1 heterocycles. The van der Waals surface area contributed by atoms with Crippen molar-refractivity contribution in [2.45, 2.75) is 38.1 Å². The molecule has 0 aliphatic carbocycles. The van der Waals surface area contributed by atoms with E-state index in [1.54, 1.807) is 0 Å². The maximum atomic E-state index is 3.65. The van der Waals surface area contributed by atoms with E-state index in [-0.39, 0.29) is 0 Å². The van der Waals surface area contributed by atoms with E-state index in [0.29, 0.717) is 0 Å². The summed E-state index contributed by atoms with van der Waals surface area (Å²) in [5.41, 5.74) is 0. The molecule has 1 unspecified atom stereocenters. The molecule has 84 valence electrons. The van der Waals surface area contributed by atoms with Gasteiger partial charge in [0.25, 0.3) is 0 Å². The first kappa shape index (κ1) is 12.7. The van der Waals surface area contributed by atoms with Crippen LogP contribution in [0.1, 0.15) is 32.1 Å². The van der Waals surface area contributed by atoms with Gasteiger partial charge in [-0.1, -0.05) is 12.8 Å². The van der Waals surface area contributed by atoms with Crippen LogP contribution in [0.4, 0.5) is 0 Å². The Morgan fingerprint density at radius 2 is 2.14 bits per heavy atom. The fourth-order valence-corrected chi connectivity index (χ4v) is 3.41. The summed E-state index contributed by atoms with van der Waals surface area (Å²) in [7, 11) is 0. The molecular weight excluding hydrogens is 210 g/mol. The van der Waals surface area contributed by atoms with E-state index in [2.05, 4.69) is 23.3 Å². The molecule has 0 bridgehead atoms. The quantitative estimate of drug-likeness (QED) is 0.647. The van der Waals surface area contributed by atoms with E-state index in [4.69, 9.17) is 0 Å². The summed E-state index contributed by atoms with van der Waals surface area (Å²) in [4.78, 5) is 0. The molecule has 1 atom stereocenters. The maximum Gasteiger partial charge on any atom is 0.0166 e. The van der Waals surface area contributed by atoms with Crippen LogP contribution in [0, 0.1) is 0 Å². The van der Waals surface area contributed by atoms with Crippen molar-refractivity contribution >= 4 is 23.5 Å². The smallest absolute Gasteiger partial charge is 0.0166 e. The zero-order valence-corrected chi connectivity index (χ0v) is 10.9. The average Bonchev–Trinajstić information content (AvgIpc) is 2.69. The van der Waals surface area contributed by atoms with Gasteiger partial charge < -0.3 is 5.32 Å². The molecule has 0 saturated carbocycles. The first-order chi connectivity index (χ1) is 6.93. The molecule has 1 nitrogen and oxygen atoms in total. The lowest BCUT2D eigenvalue weighted by atomic mass is 10.2. The lowest BCUT2D eigenvalue weighted by molar-refractivity contribution is 0.527. The summed E-state index contributed by atoms with van der Waals surface area (Å²) in [6, 6.07) is 0.825. The summed E-state index contributed by atoms with van der Waals surface area (Å²) < 4.78 is 0. The topological polar surface area (TPSA) is 12.0 Å². The van der Waals surface area contributed by atoms with Gasteiger partial charge in [-0.05, 0) is 43.6 Å². The van der Waals surface area contributed by atoms with E-state index in [1.807, 2.05) is 11.8 Å². The standard InChI is InChI=1S/C11H23NS2/c1-13-8-5-3-2-4-7-12-11-6-9-14-10-11/h11-12H,2-10H2,1H3. The number of hydrogen-bond donors (Lipinski definition) is 1. The molecular formula is C11H23NS2. The van der Waals surface area contributed by atoms with Crippen LogP contribution in [0.2, 0.25) is 0 Å². The number of nitrogens with one attached hydrogen (secondary N) is 1. The Labute approximate surface area is 97.2 Å². The Kier molecular flexibility index (Phi) is 8.12. The van der Waals surface area contributed by atoms with Crippen molar-refractivity contribution in [3.05, 3.63) is 0 Å². The van der Waals surface area contributed by atoms with Gasteiger partial charge in [0.1, 0.15) is 0 Å².